The number of benzene rings is 2. The molecule has 0 bridgehead atoms. The van der Waals surface area contributed by atoms with E-state index in [1.54, 1.807) is 12.1 Å². The largest absolute Gasteiger partial charge is 0.490 e. The zero-order valence-electron chi connectivity index (χ0n) is 11.7. The molecule has 0 saturated carbocycles. The van der Waals surface area contributed by atoms with Crippen molar-refractivity contribution in [3.63, 3.8) is 0 Å². The van der Waals surface area contributed by atoms with Crippen LogP contribution in [0.25, 0.3) is 0 Å². The number of nitrogens with one attached hydrogen (secondary N) is 1. The molecule has 0 amide bonds. The van der Waals surface area contributed by atoms with Gasteiger partial charge < -0.3 is 14.8 Å². The Morgan fingerprint density at radius 3 is 2.43 bits per heavy atom. The second-order valence-electron chi connectivity index (χ2n) is 4.45. The van der Waals surface area contributed by atoms with Crippen molar-refractivity contribution >= 4 is 15.9 Å². The van der Waals surface area contributed by atoms with Gasteiger partial charge in [0.15, 0.2) is 11.6 Å². The first kappa shape index (κ1) is 15.8. The van der Waals surface area contributed by atoms with Gasteiger partial charge in [0.05, 0.1) is 0 Å². The molecule has 2 aromatic carbocycles. The quantitative estimate of drug-likeness (QED) is 0.768. The van der Waals surface area contributed by atoms with Crippen LogP contribution in [0.15, 0.2) is 46.9 Å². The van der Waals surface area contributed by atoms with Crippen LogP contribution in [0.2, 0.25) is 0 Å². The van der Waals surface area contributed by atoms with Crippen LogP contribution in [-0.2, 0) is 6.54 Å². The summed E-state index contributed by atoms with van der Waals surface area (Å²) in [5, 5.41) is 3.08. The minimum Gasteiger partial charge on any atom is -0.490 e. The summed E-state index contributed by atoms with van der Waals surface area (Å²) in [6, 6.07) is 12.5. The lowest BCUT2D eigenvalue weighted by molar-refractivity contribution is 0.211. The average molecular weight is 354 g/mol. The first-order valence-electron chi connectivity index (χ1n) is 6.63. The molecule has 1 N–H and O–H groups in total. The number of rotatable bonds is 7. The minimum absolute atomic E-state index is 0.228. The van der Waals surface area contributed by atoms with Gasteiger partial charge in [-0.2, -0.15) is 0 Å². The highest BCUT2D eigenvalue weighted by Gasteiger charge is 2.03. The van der Waals surface area contributed by atoms with E-state index in [0.29, 0.717) is 11.1 Å². The SMILES string of the molecule is CNCc1ccc(OCCOc2ccc(Br)cc2F)cc1. The Bertz CT molecular complexity index is 575. The van der Waals surface area contributed by atoms with E-state index >= 15 is 0 Å². The van der Waals surface area contributed by atoms with Gasteiger partial charge in [-0.15, -0.1) is 0 Å². The molecule has 0 fully saturated rings. The molecule has 0 saturated heterocycles. The van der Waals surface area contributed by atoms with Crippen molar-refractivity contribution in [1.29, 1.82) is 0 Å². The first-order valence-corrected chi connectivity index (χ1v) is 7.42. The molecule has 2 aromatic rings. The highest BCUT2D eigenvalue weighted by atomic mass is 79.9. The van der Waals surface area contributed by atoms with Gasteiger partial charge in [0.25, 0.3) is 0 Å². The van der Waals surface area contributed by atoms with E-state index in [0.717, 1.165) is 12.3 Å². The van der Waals surface area contributed by atoms with Crippen LogP contribution in [-0.4, -0.2) is 20.3 Å². The van der Waals surface area contributed by atoms with E-state index < -0.39 is 0 Å². The molecular formula is C16H17BrFNO2. The van der Waals surface area contributed by atoms with Crippen LogP contribution in [0.5, 0.6) is 11.5 Å². The second-order valence-corrected chi connectivity index (χ2v) is 5.36. The summed E-state index contributed by atoms with van der Waals surface area (Å²) in [6.45, 7) is 1.48. The molecule has 3 nitrogen and oxygen atoms in total. The normalized spacial score (nSPS) is 10.4. The Kier molecular flexibility index (Phi) is 6.02. The van der Waals surface area contributed by atoms with E-state index in [9.17, 15) is 4.39 Å². The van der Waals surface area contributed by atoms with Crippen molar-refractivity contribution in [1.82, 2.24) is 5.32 Å². The molecule has 0 aliphatic carbocycles. The third kappa shape index (κ3) is 5.02. The predicted molar refractivity (Wildman–Crippen MR) is 84.3 cm³/mol. The van der Waals surface area contributed by atoms with Crippen LogP contribution in [0.4, 0.5) is 4.39 Å². The summed E-state index contributed by atoms with van der Waals surface area (Å²) >= 11 is 3.20. The average Bonchev–Trinajstić information content (AvgIpc) is 2.47. The summed E-state index contributed by atoms with van der Waals surface area (Å²) in [4.78, 5) is 0. The maximum absolute atomic E-state index is 13.5. The molecule has 2 rings (SSSR count). The van der Waals surface area contributed by atoms with E-state index in [1.807, 2.05) is 31.3 Å². The summed E-state index contributed by atoms with van der Waals surface area (Å²) in [6.07, 6.45) is 0. The lowest BCUT2D eigenvalue weighted by Gasteiger charge is -2.09. The van der Waals surface area contributed by atoms with Crippen LogP contribution < -0.4 is 14.8 Å². The molecule has 0 radical (unpaired) electrons. The van der Waals surface area contributed by atoms with Crippen LogP contribution in [0.1, 0.15) is 5.56 Å². The summed E-state index contributed by atoms with van der Waals surface area (Å²) in [7, 11) is 1.91. The van der Waals surface area contributed by atoms with Crippen LogP contribution >= 0.6 is 15.9 Å². The van der Waals surface area contributed by atoms with Crippen molar-refractivity contribution in [3.8, 4) is 11.5 Å². The fraction of sp³-hybridized carbons (Fsp3) is 0.250. The zero-order valence-corrected chi connectivity index (χ0v) is 13.3. The van der Waals surface area contributed by atoms with E-state index in [-0.39, 0.29) is 18.2 Å². The monoisotopic (exact) mass is 353 g/mol. The van der Waals surface area contributed by atoms with Gasteiger partial charge in [-0.25, -0.2) is 4.39 Å². The topological polar surface area (TPSA) is 30.5 Å². The zero-order chi connectivity index (χ0) is 15.1. The number of ether oxygens (including phenoxy) is 2. The Hall–Kier alpha value is -1.59. The molecule has 0 aliphatic rings. The fourth-order valence-electron chi connectivity index (χ4n) is 1.81. The Morgan fingerprint density at radius 2 is 1.76 bits per heavy atom. The molecule has 0 spiro atoms. The van der Waals surface area contributed by atoms with Gasteiger partial charge in [0.2, 0.25) is 0 Å². The van der Waals surface area contributed by atoms with E-state index in [4.69, 9.17) is 9.47 Å². The molecule has 0 heterocycles. The van der Waals surface area contributed by atoms with E-state index in [1.165, 1.54) is 11.6 Å². The smallest absolute Gasteiger partial charge is 0.166 e. The molecular weight excluding hydrogens is 337 g/mol. The Labute approximate surface area is 132 Å². The van der Waals surface area contributed by atoms with Crippen molar-refractivity contribution in [2.45, 2.75) is 6.54 Å². The summed E-state index contributed by atoms with van der Waals surface area (Å²) in [5.41, 5.74) is 1.19. The van der Waals surface area contributed by atoms with Gasteiger partial charge in [-0.1, -0.05) is 28.1 Å². The van der Waals surface area contributed by atoms with Crippen LogP contribution in [0.3, 0.4) is 0 Å². The lowest BCUT2D eigenvalue weighted by atomic mass is 10.2. The highest BCUT2D eigenvalue weighted by molar-refractivity contribution is 9.10. The maximum atomic E-state index is 13.5. The van der Waals surface area contributed by atoms with Crippen molar-refractivity contribution in [2.24, 2.45) is 0 Å². The van der Waals surface area contributed by atoms with Gasteiger partial charge in [0.1, 0.15) is 19.0 Å². The van der Waals surface area contributed by atoms with Gasteiger partial charge in [-0.05, 0) is 42.9 Å². The van der Waals surface area contributed by atoms with Gasteiger partial charge in [-0.3, -0.25) is 0 Å². The second kappa shape index (κ2) is 8.00. The van der Waals surface area contributed by atoms with Crippen molar-refractivity contribution in [3.05, 3.63) is 58.3 Å². The third-order valence-corrected chi connectivity index (χ3v) is 3.30. The summed E-state index contributed by atoms with van der Waals surface area (Å²) in [5.74, 6) is 0.613. The molecule has 112 valence electrons. The lowest BCUT2D eigenvalue weighted by Crippen LogP contribution is -2.10. The van der Waals surface area contributed by atoms with Gasteiger partial charge in [0, 0.05) is 11.0 Å². The van der Waals surface area contributed by atoms with Crippen molar-refractivity contribution < 1.29 is 13.9 Å². The molecule has 5 heteroatoms. The maximum Gasteiger partial charge on any atom is 0.166 e. The highest BCUT2D eigenvalue weighted by Crippen LogP contribution is 2.21. The summed E-state index contributed by atoms with van der Waals surface area (Å²) < 4.78 is 25.1. The van der Waals surface area contributed by atoms with Crippen molar-refractivity contribution in [2.75, 3.05) is 20.3 Å². The van der Waals surface area contributed by atoms with E-state index in [2.05, 4.69) is 21.2 Å². The fourth-order valence-corrected chi connectivity index (χ4v) is 2.14. The Balaban J connectivity index is 1.76. The molecule has 21 heavy (non-hydrogen) atoms. The Morgan fingerprint density at radius 1 is 1.05 bits per heavy atom. The van der Waals surface area contributed by atoms with Gasteiger partial charge >= 0.3 is 0 Å². The molecule has 0 aromatic heterocycles. The molecule has 0 aliphatic heterocycles. The number of hydrogen-bond acceptors (Lipinski definition) is 3. The minimum atomic E-state index is -0.388. The molecule has 0 unspecified atom stereocenters. The predicted octanol–water partition coefficient (Wildman–Crippen LogP) is 3.77. The first-order chi connectivity index (χ1) is 10.2. The number of hydrogen-bond donors (Lipinski definition) is 1. The third-order valence-electron chi connectivity index (χ3n) is 2.81. The standard InChI is InChI=1S/C16H17BrFNO2/c1-19-11-12-2-5-14(6-3-12)20-8-9-21-16-7-4-13(17)10-15(16)18/h2-7,10,19H,8-9,11H2,1H3. The number of halogens is 2. The van der Waals surface area contributed by atoms with Crippen LogP contribution in [0, 0.1) is 5.82 Å². The molecule has 0 atom stereocenters.